The molecule has 198 valence electrons. The van der Waals surface area contributed by atoms with Gasteiger partial charge >= 0.3 is 11.7 Å². The number of carbonyl (C=O) groups excluding carboxylic acids is 2. The molecule has 1 aromatic rings. The van der Waals surface area contributed by atoms with Crippen molar-refractivity contribution in [1.29, 1.82) is 0 Å². The zero-order valence-electron chi connectivity index (χ0n) is 21.5. The second-order valence-electron chi connectivity index (χ2n) is 10.9. The summed E-state index contributed by atoms with van der Waals surface area (Å²) in [4.78, 5) is 47.6. The fraction of sp³-hybridized carbons (Fsp3) is 0.680. The second kappa shape index (κ2) is 11.1. The van der Waals surface area contributed by atoms with E-state index in [9.17, 15) is 14.4 Å². The molecule has 36 heavy (non-hydrogen) atoms. The van der Waals surface area contributed by atoms with Gasteiger partial charge in [-0.05, 0) is 70.5 Å². The third kappa shape index (κ3) is 6.32. The molecule has 3 heterocycles. The van der Waals surface area contributed by atoms with Gasteiger partial charge in [0.15, 0.2) is 0 Å². The second-order valence-corrected chi connectivity index (χ2v) is 10.9. The van der Waals surface area contributed by atoms with E-state index in [0.29, 0.717) is 38.0 Å². The van der Waals surface area contributed by atoms with E-state index >= 15 is 0 Å². The molecule has 2 saturated heterocycles. The molecule has 5 N–H and O–H groups in total. The van der Waals surface area contributed by atoms with Gasteiger partial charge in [0.2, 0.25) is 5.91 Å². The zero-order chi connectivity index (χ0) is 25.9. The van der Waals surface area contributed by atoms with Crippen LogP contribution in [-0.2, 0) is 4.79 Å². The van der Waals surface area contributed by atoms with Gasteiger partial charge in [-0.3, -0.25) is 14.7 Å². The summed E-state index contributed by atoms with van der Waals surface area (Å²) in [7, 11) is 0. The Morgan fingerprint density at radius 1 is 1.11 bits per heavy atom. The predicted octanol–water partition coefficient (Wildman–Crippen LogP) is 0.578. The van der Waals surface area contributed by atoms with Crippen LogP contribution in [0, 0.1) is 11.8 Å². The molecule has 2 fully saturated rings. The minimum Gasteiger partial charge on any atom is -0.338 e. The van der Waals surface area contributed by atoms with Gasteiger partial charge in [-0.25, -0.2) is 9.59 Å². The van der Waals surface area contributed by atoms with Crippen LogP contribution in [0.1, 0.15) is 39.5 Å². The summed E-state index contributed by atoms with van der Waals surface area (Å²) in [6.07, 6.45) is 7.83. The Bertz CT molecular complexity index is 1040. The molecule has 3 amide bonds. The molecule has 0 saturated carbocycles. The van der Waals surface area contributed by atoms with Gasteiger partial charge in [-0.2, -0.15) is 4.98 Å². The maximum atomic E-state index is 12.7. The topological polar surface area (TPSA) is 143 Å². The number of nitrogens with zero attached hydrogens (tertiary/aromatic N) is 5. The van der Waals surface area contributed by atoms with Crippen LogP contribution in [0.4, 0.5) is 10.6 Å². The van der Waals surface area contributed by atoms with Crippen LogP contribution in [0.15, 0.2) is 23.1 Å². The first-order valence-electron chi connectivity index (χ1n) is 13.0. The van der Waals surface area contributed by atoms with E-state index in [2.05, 4.69) is 21.3 Å². The first-order valence-corrected chi connectivity index (χ1v) is 13.0. The number of likely N-dealkylation sites (tertiary alicyclic amines) is 1. The van der Waals surface area contributed by atoms with Crippen molar-refractivity contribution in [1.82, 2.24) is 24.3 Å². The number of carbonyl (C=O) groups is 2. The zero-order valence-corrected chi connectivity index (χ0v) is 21.5. The van der Waals surface area contributed by atoms with Crippen LogP contribution >= 0.6 is 0 Å². The van der Waals surface area contributed by atoms with Gasteiger partial charge in [0.1, 0.15) is 5.82 Å². The van der Waals surface area contributed by atoms with Gasteiger partial charge in [-0.1, -0.05) is 6.08 Å². The van der Waals surface area contributed by atoms with Gasteiger partial charge in [-0.15, -0.1) is 0 Å². The number of urea groups is 1. The SMILES string of the molecule is CC(C)(N)C(=O)N1CCN(C(=O)Nc2ccn(C3=CCC(CN4CC[C@@H](CN)C4)CC3)c(=O)n2)CC1. The summed E-state index contributed by atoms with van der Waals surface area (Å²) in [5, 5.41) is 2.71. The first-order chi connectivity index (χ1) is 17.1. The fourth-order valence-electron chi connectivity index (χ4n) is 5.30. The molecule has 0 spiro atoms. The average Bonchev–Trinajstić information content (AvgIpc) is 3.31. The van der Waals surface area contributed by atoms with Gasteiger partial charge in [0.05, 0.1) is 5.54 Å². The third-order valence-corrected chi connectivity index (χ3v) is 7.47. The average molecular weight is 501 g/mol. The lowest BCUT2D eigenvalue weighted by atomic mass is 9.92. The van der Waals surface area contributed by atoms with Crippen LogP contribution in [0.25, 0.3) is 5.70 Å². The Balaban J connectivity index is 1.28. The largest absolute Gasteiger partial charge is 0.353 e. The summed E-state index contributed by atoms with van der Waals surface area (Å²) in [6, 6.07) is 1.32. The van der Waals surface area contributed by atoms with Gasteiger partial charge in [0.25, 0.3) is 0 Å². The maximum absolute atomic E-state index is 12.7. The normalized spacial score (nSPS) is 23.5. The molecule has 2 aliphatic heterocycles. The van der Waals surface area contributed by atoms with Crippen molar-refractivity contribution >= 4 is 23.5 Å². The highest BCUT2D eigenvalue weighted by atomic mass is 16.2. The molecule has 1 aliphatic carbocycles. The number of allylic oxidation sites excluding steroid dienone is 2. The summed E-state index contributed by atoms with van der Waals surface area (Å²) in [6.45, 7) is 9.06. The number of nitrogens with two attached hydrogens (primary N) is 2. The minimum atomic E-state index is -0.936. The third-order valence-electron chi connectivity index (χ3n) is 7.47. The molecule has 0 radical (unpaired) electrons. The Kier molecular flexibility index (Phi) is 8.11. The number of anilines is 1. The van der Waals surface area contributed by atoms with Crippen molar-refractivity contribution in [3.63, 3.8) is 0 Å². The molecule has 0 aromatic carbocycles. The van der Waals surface area contributed by atoms with E-state index in [1.165, 1.54) is 6.42 Å². The van der Waals surface area contributed by atoms with Crippen LogP contribution in [0.2, 0.25) is 0 Å². The lowest BCUT2D eigenvalue weighted by Gasteiger charge is -2.37. The number of hydrogen-bond donors (Lipinski definition) is 3. The number of aromatic nitrogens is 2. The summed E-state index contributed by atoms with van der Waals surface area (Å²) in [5.74, 6) is 1.31. The molecule has 11 heteroatoms. The maximum Gasteiger partial charge on any atom is 0.353 e. The molecule has 0 bridgehead atoms. The van der Waals surface area contributed by atoms with Crippen LogP contribution < -0.4 is 22.5 Å². The molecule has 1 unspecified atom stereocenters. The van der Waals surface area contributed by atoms with E-state index in [0.717, 1.165) is 51.1 Å². The molecule has 2 atom stereocenters. The summed E-state index contributed by atoms with van der Waals surface area (Å²) in [5.41, 5.74) is 11.3. The van der Waals surface area contributed by atoms with E-state index in [-0.39, 0.29) is 17.8 Å². The van der Waals surface area contributed by atoms with Crippen LogP contribution in [0.5, 0.6) is 0 Å². The molecule has 4 rings (SSSR count). The van der Waals surface area contributed by atoms with Crippen molar-refractivity contribution in [3.05, 3.63) is 28.8 Å². The lowest BCUT2D eigenvalue weighted by molar-refractivity contribution is -0.137. The summed E-state index contributed by atoms with van der Waals surface area (Å²) < 4.78 is 1.57. The molecule has 1 aromatic heterocycles. The number of rotatable bonds is 6. The smallest absolute Gasteiger partial charge is 0.338 e. The first kappa shape index (κ1) is 26.3. The number of amides is 3. The van der Waals surface area contributed by atoms with Crippen molar-refractivity contribution in [2.75, 3.05) is 57.7 Å². The van der Waals surface area contributed by atoms with Crippen molar-refractivity contribution < 1.29 is 9.59 Å². The molecular formula is C25H40N8O3. The van der Waals surface area contributed by atoms with Gasteiger partial charge < -0.3 is 26.2 Å². The lowest BCUT2D eigenvalue weighted by Crippen LogP contribution is -2.58. The van der Waals surface area contributed by atoms with Gasteiger partial charge in [0, 0.05) is 51.2 Å². The van der Waals surface area contributed by atoms with Crippen molar-refractivity contribution in [3.8, 4) is 0 Å². The molecule has 11 nitrogen and oxygen atoms in total. The number of piperazine rings is 1. The highest BCUT2D eigenvalue weighted by molar-refractivity contribution is 5.89. The molecule has 3 aliphatic rings. The Labute approximate surface area is 212 Å². The summed E-state index contributed by atoms with van der Waals surface area (Å²) >= 11 is 0. The number of hydrogen-bond acceptors (Lipinski definition) is 7. The minimum absolute atomic E-state index is 0.132. The Morgan fingerprint density at radius 3 is 2.42 bits per heavy atom. The number of nitrogens with one attached hydrogen (secondary N) is 1. The van der Waals surface area contributed by atoms with Crippen molar-refractivity contribution in [2.24, 2.45) is 23.3 Å². The highest BCUT2D eigenvalue weighted by Crippen LogP contribution is 2.28. The van der Waals surface area contributed by atoms with Crippen molar-refractivity contribution in [2.45, 2.75) is 45.1 Å². The van der Waals surface area contributed by atoms with Crippen LogP contribution in [0.3, 0.4) is 0 Å². The predicted molar refractivity (Wildman–Crippen MR) is 139 cm³/mol. The van der Waals surface area contributed by atoms with E-state index in [4.69, 9.17) is 11.5 Å². The Morgan fingerprint density at radius 2 is 1.83 bits per heavy atom. The highest BCUT2D eigenvalue weighted by Gasteiger charge is 2.31. The Hall–Kier alpha value is -2.76. The van der Waals surface area contributed by atoms with E-state index in [1.807, 2.05) is 0 Å². The molecular weight excluding hydrogens is 460 g/mol. The van der Waals surface area contributed by atoms with E-state index in [1.54, 1.807) is 40.5 Å². The quantitative estimate of drug-likeness (QED) is 0.518. The standard InChI is InChI=1S/C25H40N8O3/c1-25(2,27)22(34)31-11-13-32(14-12-31)23(35)28-21-8-10-33(24(36)29-21)20-5-3-18(4-6-20)16-30-9-7-19(15-26)17-30/h5,8,10,18-19H,3-4,6-7,9,11-17,26-27H2,1-2H3,(H,28,29,35,36)/t18?,19-/m0/s1. The van der Waals surface area contributed by atoms with E-state index < -0.39 is 11.2 Å². The van der Waals surface area contributed by atoms with Crippen LogP contribution in [-0.4, -0.2) is 94.1 Å². The monoisotopic (exact) mass is 500 g/mol. The fourth-order valence-corrected chi connectivity index (χ4v) is 5.30.